The Balaban J connectivity index is 1.97. The fourth-order valence-electron chi connectivity index (χ4n) is 3.49. The van der Waals surface area contributed by atoms with Crippen molar-refractivity contribution in [2.75, 3.05) is 20.2 Å². The van der Waals surface area contributed by atoms with Crippen molar-refractivity contribution in [3.05, 3.63) is 29.3 Å². The zero-order valence-electron chi connectivity index (χ0n) is 13.8. The van der Waals surface area contributed by atoms with Crippen LogP contribution >= 0.6 is 0 Å². The van der Waals surface area contributed by atoms with Crippen LogP contribution in [-0.2, 0) is 13.1 Å². The van der Waals surface area contributed by atoms with Crippen LogP contribution in [0.4, 0.5) is 0 Å². The van der Waals surface area contributed by atoms with Crippen LogP contribution in [-0.4, -0.2) is 25.1 Å². The van der Waals surface area contributed by atoms with Crippen molar-refractivity contribution in [3.63, 3.8) is 0 Å². The number of rotatable bonds is 6. The van der Waals surface area contributed by atoms with Gasteiger partial charge in [-0.2, -0.15) is 0 Å². The average Bonchev–Trinajstić information content (AvgIpc) is 2.55. The Morgan fingerprint density at radius 2 is 1.86 bits per heavy atom. The lowest BCUT2D eigenvalue weighted by Gasteiger charge is -2.41. The molecule has 2 N–H and O–H groups in total. The molecule has 1 saturated heterocycles. The zero-order valence-corrected chi connectivity index (χ0v) is 13.8. The Kier molecular flexibility index (Phi) is 5.65. The largest absolute Gasteiger partial charge is 0.496 e. The average molecular weight is 290 g/mol. The highest BCUT2D eigenvalue weighted by Gasteiger charge is 2.30. The molecule has 0 aliphatic carbocycles. The molecule has 0 radical (unpaired) electrons. The number of methoxy groups -OCH3 is 1. The van der Waals surface area contributed by atoms with E-state index in [1.165, 1.54) is 44.3 Å². The minimum Gasteiger partial charge on any atom is -0.496 e. The first-order valence-corrected chi connectivity index (χ1v) is 8.24. The lowest BCUT2D eigenvalue weighted by Crippen LogP contribution is -2.39. The Bertz CT molecular complexity index is 445. The molecule has 0 aromatic heterocycles. The second kappa shape index (κ2) is 7.28. The number of benzene rings is 1. The summed E-state index contributed by atoms with van der Waals surface area (Å²) in [4.78, 5) is 2.58. The maximum absolute atomic E-state index is 5.81. The first kappa shape index (κ1) is 16.3. The second-order valence-electron chi connectivity index (χ2n) is 6.33. The van der Waals surface area contributed by atoms with Crippen LogP contribution in [0.2, 0.25) is 0 Å². The van der Waals surface area contributed by atoms with Gasteiger partial charge in [0.2, 0.25) is 0 Å². The van der Waals surface area contributed by atoms with E-state index in [9.17, 15) is 0 Å². The summed E-state index contributed by atoms with van der Waals surface area (Å²) < 4.78 is 5.34. The van der Waals surface area contributed by atoms with Gasteiger partial charge >= 0.3 is 0 Å². The molecule has 0 bridgehead atoms. The molecule has 0 spiro atoms. The number of hydrogen-bond acceptors (Lipinski definition) is 3. The SMILES string of the molecule is CCC1(CC)CCN(Cc2ccc(OC)c(CN)c2)CC1. The fraction of sp³-hybridized carbons (Fsp3) is 0.667. The van der Waals surface area contributed by atoms with Crippen molar-refractivity contribution in [1.82, 2.24) is 4.90 Å². The highest BCUT2D eigenvalue weighted by atomic mass is 16.5. The van der Waals surface area contributed by atoms with Crippen molar-refractivity contribution in [1.29, 1.82) is 0 Å². The van der Waals surface area contributed by atoms with Gasteiger partial charge in [0.1, 0.15) is 5.75 Å². The lowest BCUT2D eigenvalue weighted by molar-refractivity contribution is 0.0909. The number of hydrogen-bond donors (Lipinski definition) is 1. The minimum absolute atomic E-state index is 0.534. The van der Waals surface area contributed by atoms with Gasteiger partial charge in [-0.3, -0.25) is 4.90 Å². The molecule has 0 unspecified atom stereocenters. The molecule has 0 amide bonds. The van der Waals surface area contributed by atoms with Gasteiger partial charge in [-0.05, 0) is 49.0 Å². The van der Waals surface area contributed by atoms with Gasteiger partial charge in [-0.25, -0.2) is 0 Å². The van der Waals surface area contributed by atoms with Gasteiger partial charge in [-0.1, -0.05) is 32.8 Å². The normalized spacial score (nSPS) is 18.7. The maximum atomic E-state index is 5.81. The highest BCUT2D eigenvalue weighted by molar-refractivity contribution is 5.37. The predicted molar refractivity (Wildman–Crippen MR) is 88.4 cm³/mol. The summed E-state index contributed by atoms with van der Waals surface area (Å²) in [5.74, 6) is 0.899. The maximum Gasteiger partial charge on any atom is 0.123 e. The molecule has 21 heavy (non-hydrogen) atoms. The molecule has 0 atom stereocenters. The summed E-state index contributed by atoms with van der Waals surface area (Å²) >= 11 is 0. The van der Waals surface area contributed by atoms with Crippen LogP contribution in [0.15, 0.2) is 18.2 Å². The summed E-state index contributed by atoms with van der Waals surface area (Å²) in [5.41, 5.74) is 8.85. The van der Waals surface area contributed by atoms with Crippen LogP contribution in [0, 0.1) is 5.41 Å². The zero-order chi connectivity index (χ0) is 15.3. The van der Waals surface area contributed by atoms with E-state index in [2.05, 4.69) is 30.9 Å². The van der Waals surface area contributed by atoms with Gasteiger partial charge in [0.25, 0.3) is 0 Å². The first-order valence-electron chi connectivity index (χ1n) is 8.24. The number of piperidine rings is 1. The van der Waals surface area contributed by atoms with Gasteiger partial charge in [0.05, 0.1) is 7.11 Å². The van der Waals surface area contributed by atoms with Crippen molar-refractivity contribution in [2.45, 2.75) is 52.6 Å². The van der Waals surface area contributed by atoms with Crippen molar-refractivity contribution in [2.24, 2.45) is 11.1 Å². The summed E-state index contributed by atoms with van der Waals surface area (Å²) in [7, 11) is 1.70. The summed E-state index contributed by atoms with van der Waals surface area (Å²) in [6.07, 6.45) is 5.30. The summed E-state index contributed by atoms with van der Waals surface area (Å²) in [6, 6.07) is 6.41. The van der Waals surface area contributed by atoms with Crippen LogP contribution in [0.1, 0.15) is 50.7 Å². The van der Waals surface area contributed by atoms with E-state index in [1.807, 2.05) is 6.07 Å². The van der Waals surface area contributed by atoms with Gasteiger partial charge in [0, 0.05) is 18.7 Å². The molecule has 1 aliphatic rings. The summed E-state index contributed by atoms with van der Waals surface area (Å²) in [5, 5.41) is 0. The van der Waals surface area contributed by atoms with Crippen LogP contribution in [0.5, 0.6) is 5.75 Å². The molecular weight excluding hydrogens is 260 g/mol. The number of nitrogens with two attached hydrogens (primary N) is 1. The van der Waals surface area contributed by atoms with E-state index >= 15 is 0 Å². The molecule has 1 heterocycles. The molecule has 1 fully saturated rings. The molecule has 1 aliphatic heterocycles. The lowest BCUT2D eigenvalue weighted by atomic mass is 9.74. The van der Waals surface area contributed by atoms with Gasteiger partial charge < -0.3 is 10.5 Å². The van der Waals surface area contributed by atoms with E-state index in [0.717, 1.165) is 17.9 Å². The number of ether oxygens (including phenoxy) is 1. The molecule has 1 aromatic rings. The van der Waals surface area contributed by atoms with Crippen molar-refractivity contribution in [3.8, 4) is 5.75 Å². The second-order valence-corrected chi connectivity index (χ2v) is 6.33. The number of nitrogens with zero attached hydrogens (tertiary/aromatic N) is 1. The number of likely N-dealkylation sites (tertiary alicyclic amines) is 1. The topological polar surface area (TPSA) is 38.5 Å². The fourth-order valence-corrected chi connectivity index (χ4v) is 3.49. The quantitative estimate of drug-likeness (QED) is 0.870. The predicted octanol–water partition coefficient (Wildman–Crippen LogP) is 3.56. The highest BCUT2D eigenvalue weighted by Crippen LogP contribution is 2.38. The van der Waals surface area contributed by atoms with Gasteiger partial charge in [-0.15, -0.1) is 0 Å². The Morgan fingerprint density at radius 1 is 1.19 bits per heavy atom. The summed E-state index contributed by atoms with van der Waals surface area (Å²) in [6.45, 7) is 8.68. The molecule has 3 nitrogen and oxygen atoms in total. The molecule has 118 valence electrons. The van der Waals surface area contributed by atoms with E-state index < -0.39 is 0 Å². The molecule has 1 aromatic carbocycles. The third-order valence-electron chi connectivity index (χ3n) is 5.39. The standard InChI is InChI=1S/C18H30N2O/c1-4-18(5-2)8-10-20(11-9-18)14-15-6-7-17(21-3)16(12-15)13-19/h6-7,12H,4-5,8-11,13-14,19H2,1-3H3. The smallest absolute Gasteiger partial charge is 0.123 e. The third-order valence-corrected chi connectivity index (χ3v) is 5.39. The molecule has 2 rings (SSSR count). The Labute approximate surface area is 129 Å². The Hall–Kier alpha value is -1.06. The van der Waals surface area contributed by atoms with E-state index in [0.29, 0.717) is 12.0 Å². The van der Waals surface area contributed by atoms with E-state index in [1.54, 1.807) is 7.11 Å². The molecular formula is C18H30N2O. The van der Waals surface area contributed by atoms with Crippen molar-refractivity contribution >= 4 is 0 Å². The van der Waals surface area contributed by atoms with Crippen molar-refractivity contribution < 1.29 is 4.74 Å². The van der Waals surface area contributed by atoms with Gasteiger partial charge in [0.15, 0.2) is 0 Å². The Morgan fingerprint density at radius 3 is 2.38 bits per heavy atom. The van der Waals surface area contributed by atoms with Crippen LogP contribution in [0.25, 0.3) is 0 Å². The minimum atomic E-state index is 0.534. The molecule has 3 heteroatoms. The molecule has 0 saturated carbocycles. The monoisotopic (exact) mass is 290 g/mol. The van der Waals surface area contributed by atoms with Crippen LogP contribution < -0.4 is 10.5 Å². The van der Waals surface area contributed by atoms with E-state index in [-0.39, 0.29) is 0 Å². The van der Waals surface area contributed by atoms with E-state index in [4.69, 9.17) is 10.5 Å². The first-order chi connectivity index (χ1) is 10.2. The third kappa shape index (κ3) is 3.78. The van der Waals surface area contributed by atoms with Crippen LogP contribution in [0.3, 0.4) is 0 Å².